The number of ether oxygens (including phenoxy) is 1. The normalized spacial score (nSPS) is 16.8. The summed E-state index contributed by atoms with van der Waals surface area (Å²) in [5, 5.41) is 5.72. The van der Waals surface area contributed by atoms with Gasteiger partial charge in [0.15, 0.2) is 0 Å². The molecular weight excluding hydrogens is 378 g/mol. The number of methoxy groups -OCH3 is 1. The molecular formula is C23H27N5O2. The summed E-state index contributed by atoms with van der Waals surface area (Å²) < 4.78 is 7.06. The lowest BCUT2D eigenvalue weighted by Gasteiger charge is -2.36. The number of aromatic nitrogens is 3. The van der Waals surface area contributed by atoms with Gasteiger partial charge in [-0.2, -0.15) is 5.10 Å². The van der Waals surface area contributed by atoms with Gasteiger partial charge in [-0.1, -0.05) is 0 Å². The van der Waals surface area contributed by atoms with Crippen LogP contribution in [-0.4, -0.2) is 59.5 Å². The van der Waals surface area contributed by atoms with E-state index in [1.54, 1.807) is 17.9 Å². The third-order valence-corrected chi connectivity index (χ3v) is 6.29. The molecule has 1 aromatic carbocycles. The standard InChI is InChI=1S/C23H27N5O2/c1-30-18-5-6-21-19(16-18)22(7-8-24-21)27-12-9-26(10-13-27)11-14-28-23(29)15-17-3-2-4-20(17)25-28/h5-8,15-16H,2-4,9-14H2,1H3. The Labute approximate surface area is 175 Å². The molecule has 0 saturated carbocycles. The number of hydrogen-bond acceptors (Lipinski definition) is 6. The molecule has 2 aromatic heterocycles. The van der Waals surface area contributed by atoms with Crippen molar-refractivity contribution in [2.45, 2.75) is 25.8 Å². The van der Waals surface area contributed by atoms with Gasteiger partial charge < -0.3 is 9.64 Å². The summed E-state index contributed by atoms with van der Waals surface area (Å²) in [5.41, 5.74) is 4.48. The first kappa shape index (κ1) is 19.1. The fourth-order valence-corrected chi connectivity index (χ4v) is 4.56. The smallest absolute Gasteiger partial charge is 0.267 e. The van der Waals surface area contributed by atoms with E-state index in [9.17, 15) is 4.79 Å². The maximum atomic E-state index is 12.3. The monoisotopic (exact) mass is 405 g/mol. The second-order valence-electron chi connectivity index (χ2n) is 8.07. The van der Waals surface area contributed by atoms with E-state index in [1.807, 2.05) is 18.3 Å². The van der Waals surface area contributed by atoms with Crippen molar-refractivity contribution in [3.63, 3.8) is 0 Å². The zero-order valence-corrected chi connectivity index (χ0v) is 17.4. The van der Waals surface area contributed by atoms with Crippen LogP contribution in [0.5, 0.6) is 5.75 Å². The van der Waals surface area contributed by atoms with Crippen LogP contribution in [0.25, 0.3) is 10.9 Å². The number of hydrogen-bond donors (Lipinski definition) is 0. The SMILES string of the molecule is COc1ccc2nccc(N3CCN(CCn4nc5c(cc4=O)CCC5)CC3)c2c1. The van der Waals surface area contributed by atoms with Crippen molar-refractivity contribution in [1.29, 1.82) is 0 Å². The van der Waals surface area contributed by atoms with Crippen LogP contribution in [0, 0.1) is 0 Å². The molecule has 1 aliphatic heterocycles. The Morgan fingerprint density at radius 3 is 2.73 bits per heavy atom. The van der Waals surface area contributed by atoms with Crippen LogP contribution in [-0.2, 0) is 19.4 Å². The number of piperazine rings is 1. The Hall–Kier alpha value is -2.93. The van der Waals surface area contributed by atoms with Crippen LogP contribution in [0.1, 0.15) is 17.7 Å². The van der Waals surface area contributed by atoms with Crippen molar-refractivity contribution in [2.75, 3.05) is 44.7 Å². The molecule has 30 heavy (non-hydrogen) atoms. The second kappa shape index (κ2) is 8.07. The van der Waals surface area contributed by atoms with E-state index in [4.69, 9.17) is 4.74 Å². The van der Waals surface area contributed by atoms with Crippen LogP contribution >= 0.6 is 0 Å². The van der Waals surface area contributed by atoms with Gasteiger partial charge in [-0.25, -0.2) is 4.68 Å². The molecule has 0 spiro atoms. The molecule has 7 heteroatoms. The van der Waals surface area contributed by atoms with E-state index in [2.05, 4.69) is 32.0 Å². The van der Waals surface area contributed by atoms with Crippen LogP contribution in [0.4, 0.5) is 5.69 Å². The topological polar surface area (TPSA) is 63.5 Å². The number of nitrogens with zero attached hydrogens (tertiary/aromatic N) is 5. The fraction of sp³-hybridized carbons (Fsp3) is 0.435. The van der Waals surface area contributed by atoms with Crippen molar-refractivity contribution in [2.24, 2.45) is 0 Å². The summed E-state index contributed by atoms with van der Waals surface area (Å²) in [6.07, 6.45) is 4.99. The number of anilines is 1. The van der Waals surface area contributed by atoms with Gasteiger partial charge in [0.2, 0.25) is 0 Å². The van der Waals surface area contributed by atoms with Gasteiger partial charge in [-0.15, -0.1) is 0 Å². The van der Waals surface area contributed by atoms with Gasteiger partial charge in [0, 0.05) is 56.1 Å². The molecule has 1 aliphatic carbocycles. The predicted octanol–water partition coefficient (Wildman–Crippen LogP) is 2.11. The van der Waals surface area contributed by atoms with E-state index >= 15 is 0 Å². The summed E-state index contributed by atoms with van der Waals surface area (Å²) in [7, 11) is 1.69. The van der Waals surface area contributed by atoms with Gasteiger partial charge in [-0.05, 0) is 49.1 Å². The highest BCUT2D eigenvalue weighted by atomic mass is 16.5. The minimum Gasteiger partial charge on any atom is -0.497 e. The van der Waals surface area contributed by atoms with Crippen molar-refractivity contribution < 1.29 is 4.74 Å². The Bertz CT molecular complexity index is 1120. The van der Waals surface area contributed by atoms with Gasteiger partial charge in [0.1, 0.15) is 5.75 Å². The molecule has 0 atom stereocenters. The lowest BCUT2D eigenvalue weighted by molar-refractivity contribution is 0.242. The van der Waals surface area contributed by atoms with E-state index < -0.39 is 0 Å². The molecule has 2 aliphatic rings. The Kier molecular flexibility index (Phi) is 5.12. The number of pyridine rings is 1. The maximum Gasteiger partial charge on any atom is 0.267 e. The fourth-order valence-electron chi connectivity index (χ4n) is 4.56. The average molecular weight is 406 g/mol. The lowest BCUT2D eigenvalue weighted by Crippen LogP contribution is -2.47. The predicted molar refractivity (Wildman–Crippen MR) is 117 cm³/mol. The largest absolute Gasteiger partial charge is 0.497 e. The van der Waals surface area contributed by atoms with Crippen molar-refractivity contribution >= 4 is 16.6 Å². The van der Waals surface area contributed by atoms with Gasteiger partial charge >= 0.3 is 0 Å². The van der Waals surface area contributed by atoms with E-state index in [0.29, 0.717) is 6.54 Å². The minimum absolute atomic E-state index is 0.0338. The molecule has 3 heterocycles. The molecule has 0 radical (unpaired) electrons. The van der Waals surface area contributed by atoms with Crippen LogP contribution < -0.4 is 15.2 Å². The first-order valence-corrected chi connectivity index (χ1v) is 10.7. The van der Waals surface area contributed by atoms with Gasteiger partial charge in [-0.3, -0.25) is 14.7 Å². The molecule has 156 valence electrons. The molecule has 0 amide bonds. The summed E-state index contributed by atoms with van der Waals surface area (Å²) in [6.45, 7) is 5.33. The molecule has 0 unspecified atom stereocenters. The van der Waals surface area contributed by atoms with E-state index in [-0.39, 0.29) is 5.56 Å². The molecule has 0 N–H and O–H groups in total. The highest BCUT2D eigenvalue weighted by Crippen LogP contribution is 2.29. The first-order valence-electron chi connectivity index (χ1n) is 10.7. The highest BCUT2D eigenvalue weighted by molar-refractivity contribution is 5.92. The quantitative estimate of drug-likeness (QED) is 0.648. The maximum absolute atomic E-state index is 12.3. The summed E-state index contributed by atoms with van der Waals surface area (Å²) >= 11 is 0. The zero-order chi connectivity index (χ0) is 20.5. The minimum atomic E-state index is 0.0338. The Balaban J connectivity index is 1.24. The van der Waals surface area contributed by atoms with Crippen LogP contribution in [0.2, 0.25) is 0 Å². The van der Waals surface area contributed by atoms with Crippen LogP contribution in [0.3, 0.4) is 0 Å². The number of rotatable bonds is 5. The Morgan fingerprint density at radius 2 is 1.90 bits per heavy atom. The number of fused-ring (bicyclic) bond motifs is 2. The van der Waals surface area contributed by atoms with E-state index in [1.165, 1.54) is 5.69 Å². The summed E-state index contributed by atoms with van der Waals surface area (Å²) in [5.74, 6) is 0.850. The molecule has 7 nitrogen and oxygen atoms in total. The van der Waals surface area contributed by atoms with E-state index in [0.717, 1.165) is 79.9 Å². The molecule has 3 aromatic rings. The van der Waals surface area contributed by atoms with Gasteiger partial charge in [0.25, 0.3) is 5.56 Å². The number of benzene rings is 1. The van der Waals surface area contributed by atoms with Crippen molar-refractivity contribution in [1.82, 2.24) is 19.7 Å². The summed E-state index contributed by atoms with van der Waals surface area (Å²) in [4.78, 5) is 21.6. The summed E-state index contributed by atoms with van der Waals surface area (Å²) in [6, 6.07) is 9.90. The number of aryl methyl sites for hydroxylation is 2. The lowest BCUT2D eigenvalue weighted by atomic mass is 10.1. The Morgan fingerprint density at radius 1 is 1.03 bits per heavy atom. The molecule has 0 bridgehead atoms. The molecule has 1 fully saturated rings. The van der Waals surface area contributed by atoms with Crippen LogP contribution in [0.15, 0.2) is 41.3 Å². The second-order valence-corrected chi connectivity index (χ2v) is 8.07. The third kappa shape index (κ3) is 3.65. The zero-order valence-electron chi connectivity index (χ0n) is 17.4. The van der Waals surface area contributed by atoms with Crippen molar-refractivity contribution in [3.8, 4) is 5.75 Å². The van der Waals surface area contributed by atoms with Gasteiger partial charge in [0.05, 0.1) is 24.9 Å². The third-order valence-electron chi connectivity index (χ3n) is 6.29. The molecule has 1 saturated heterocycles. The first-order chi connectivity index (χ1) is 14.7. The van der Waals surface area contributed by atoms with Crippen molar-refractivity contribution in [3.05, 3.63) is 58.1 Å². The molecule has 5 rings (SSSR count). The highest BCUT2D eigenvalue weighted by Gasteiger charge is 2.20. The average Bonchev–Trinajstić information content (AvgIpc) is 3.24.